The van der Waals surface area contributed by atoms with Gasteiger partial charge in [0.2, 0.25) is 0 Å². The van der Waals surface area contributed by atoms with Gasteiger partial charge >= 0.3 is 0 Å². The summed E-state index contributed by atoms with van der Waals surface area (Å²) in [5.41, 5.74) is 3.63. The number of rotatable bonds is 5. The van der Waals surface area contributed by atoms with Crippen molar-refractivity contribution < 1.29 is 5.11 Å². The van der Waals surface area contributed by atoms with E-state index in [-0.39, 0.29) is 0 Å². The molecule has 148 valence electrons. The Balaban J connectivity index is 1.56. The van der Waals surface area contributed by atoms with E-state index in [4.69, 9.17) is 33.2 Å². The van der Waals surface area contributed by atoms with Crippen LogP contribution in [0.25, 0.3) is 21.1 Å². The first kappa shape index (κ1) is 20.5. The molecule has 0 aliphatic heterocycles. The zero-order valence-electron chi connectivity index (χ0n) is 15.8. The van der Waals surface area contributed by atoms with E-state index in [9.17, 15) is 5.11 Å². The van der Waals surface area contributed by atoms with E-state index in [2.05, 4.69) is 0 Å². The molecule has 1 N–H and O–H groups in total. The summed E-state index contributed by atoms with van der Waals surface area (Å²) in [6.45, 7) is 4.02. The second-order valence-electron chi connectivity index (χ2n) is 6.72. The van der Waals surface area contributed by atoms with Crippen LogP contribution in [0.1, 0.15) is 27.2 Å². The summed E-state index contributed by atoms with van der Waals surface area (Å²) in [6, 6.07) is 15.2. The van der Waals surface area contributed by atoms with Crippen LogP contribution < -0.4 is 0 Å². The average Bonchev–Trinajstić information content (AvgIpc) is 3.26. The van der Waals surface area contributed by atoms with Crippen LogP contribution in [0, 0.1) is 13.8 Å². The number of halogens is 2. The molecule has 0 aliphatic carbocycles. The smallest absolute Gasteiger partial charge is 0.123 e. The Morgan fingerprint density at radius 1 is 0.793 bits per heavy atom. The molecule has 0 amide bonds. The van der Waals surface area contributed by atoms with Gasteiger partial charge in [0.15, 0.2) is 0 Å². The van der Waals surface area contributed by atoms with Crippen LogP contribution in [0.4, 0.5) is 0 Å². The first-order chi connectivity index (χ1) is 13.9. The van der Waals surface area contributed by atoms with Crippen LogP contribution in [0.5, 0.6) is 0 Å². The van der Waals surface area contributed by atoms with Crippen LogP contribution in [-0.2, 0) is 6.42 Å². The maximum Gasteiger partial charge on any atom is 0.123 e. The molecule has 1 unspecified atom stereocenters. The lowest BCUT2D eigenvalue weighted by molar-refractivity contribution is 0.172. The van der Waals surface area contributed by atoms with Gasteiger partial charge in [-0.25, -0.2) is 9.97 Å². The SMILES string of the molecule is Cc1sc(-c2ccc(Cl)cc2)nc1CC(O)c1nc(-c2ccc(Cl)cc2)sc1C. The van der Waals surface area contributed by atoms with Crippen LogP contribution in [0.3, 0.4) is 0 Å². The number of nitrogens with zero attached hydrogens (tertiary/aromatic N) is 2. The summed E-state index contributed by atoms with van der Waals surface area (Å²) in [4.78, 5) is 11.6. The largest absolute Gasteiger partial charge is 0.386 e. The third-order valence-corrected chi connectivity index (χ3v) is 7.21. The standard InChI is InChI=1S/C22H18Cl2N2OS2/c1-12-18(25-21(28-12)14-3-7-16(23)8-4-14)11-19(27)20-13(2)29-22(26-20)15-5-9-17(24)10-6-15/h3-10,19,27H,11H2,1-2H3. The molecule has 29 heavy (non-hydrogen) atoms. The number of benzene rings is 2. The Bertz CT molecular complexity index is 1130. The fourth-order valence-corrected chi connectivity index (χ4v) is 5.22. The molecule has 7 heteroatoms. The highest BCUT2D eigenvalue weighted by Crippen LogP contribution is 2.34. The summed E-state index contributed by atoms with van der Waals surface area (Å²) < 4.78 is 0. The van der Waals surface area contributed by atoms with Crippen LogP contribution >= 0.6 is 45.9 Å². The van der Waals surface area contributed by atoms with E-state index in [1.807, 2.05) is 62.4 Å². The van der Waals surface area contributed by atoms with Crippen molar-refractivity contribution in [3.8, 4) is 21.1 Å². The maximum absolute atomic E-state index is 10.9. The highest BCUT2D eigenvalue weighted by molar-refractivity contribution is 7.15. The molecule has 2 aromatic heterocycles. The lowest BCUT2D eigenvalue weighted by Gasteiger charge is -2.08. The number of aromatic nitrogens is 2. The molecule has 0 saturated heterocycles. The van der Waals surface area contributed by atoms with E-state index in [0.717, 1.165) is 36.6 Å². The first-order valence-electron chi connectivity index (χ1n) is 9.04. The zero-order valence-corrected chi connectivity index (χ0v) is 19.0. The lowest BCUT2D eigenvalue weighted by Crippen LogP contribution is -2.05. The van der Waals surface area contributed by atoms with Crippen molar-refractivity contribution in [2.45, 2.75) is 26.4 Å². The van der Waals surface area contributed by atoms with Crippen molar-refractivity contribution in [3.05, 3.63) is 79.7 Å². The monoisotopic (exact) mass is 460 g/mol. The molecule has 4 aromatic rings. The van der Waals surface area contributed by atoms with E-state index in [0.29, 0.717) is 22.2 Å². The Hall–Kier alpha value is -1.76. The lowest BCUT2D eigenvalue weighted by atomic mass is 10.1. The highest BCUT2D eigenvalue weighted by atomic mass is 35.5. The zero-order chi connectivity index (χ0) is 20.5. The van der Waals surface area contributed by atoms with Gasteiger partial charge in [-0.05, 0) is 38.1 Å². The van der Waals surface area contributed by atoms with E-state index in [1.165, 1.54) is 0 Å². The summed E-state index contributed by atoms with van der Waals surface area (Å²) in [6.07, 6.45) is -0.272. The van der Waals surface area contributed by atoms with Gasteiger partial charge in [-0.1, -0.05) is 47.5 Å². The normalized spacial score (nSPS) is 12.3. The molecule has 2 heterocycles. The fourth-order valence-electron chi connectivity index (χ4n) is 3.05. The number of hydrogen-bond donors (Lipinski definition) is 1. The van der Waals surface area contributed by atoms with Gasteiger partial charge in [0, 0.05) is 37.3 Å². The highest BCUT2D eigenvalue weighted by Gasteiger charge is 2.20. The summed E-state index contributed by atoms with van der Waals surface area (Å²) >= 11 is 15.2. The topological polar surface area (TPSA) is 46.0 Å². The Morgan fingerprint density at radius 3 is 1.83 bits per heavy atom. The van der Waals surface area contributed by atoms with Crippen LogP contribution in [0.15, 0.2) is 48.5 Å². The summed E-state index contributed by atoms with van der Waals surface area (Å²) in [5.74, 6) is 0. The van der Waals surface area contributed by atoms with Crippen molar-refractivity contribution in [2.75, 3.05) is 0 Å². The molecule has 3 nitrogen and oxygen atoms in total. The van der Waals surface area contributed by atoms with Gasteiger partial charge in [0.05, 0.1) is 11.4 Å². The van der Waals surface area contributed by atoms with Gasteiger partial charge in [-0.2, -0.15) is 0 Å². The molecule has 0 bridgehead atoms. The summed E-state index contributed by atoms with van der Waals surface area (Å²) in [7, 11) is 0. The number of hydrogen-bond acceptors (Lipinski definition) is 5. The molecule has 0 spiro atoms. The van der Waals surface area contributed by atoms with Gasteiger partial charge < -0.3 is 5.11 Å². The number of aliphatic hydroxyl groups is 1. The third-order valence-electron chi connectivity index (χ3n) is 4.61. The van der Waals surface area contributed by atoms with Crippen molar-refractivity contribution in [2.24, 2.45) is 0 Å². The molecule has 0 radical (unpaired) electrons. The van der Waals surface area contributed by atoms with E-state index >= 15 is 0 Å². The number of aliphatic hydroxyl groups excluding tert-OH is 1. The summed E-state index contributed by atoms with van der Waals surface area (Å²) in [5, 5.41) is 14.1. The van der Waals surface area contributed by atoms with Gasteiger partial charge in [-0.3, -0.25) is 0 Å². The molecule has 0 aliphatic rings. The third kappa shape index (κ3) is 4.55. The quantitative estimate of drug-likeness (QED) is 0.344. The van der Waals surface area contributed by atoms with Crippen LogP contribution in [-0.4, -0.2) is 15.1 Å². The second kappa shape index (κ2) is 8.54. The number of aryl methyl sites for hydroxylation is 2. The molecule has 2 aromatic carbocycles. The van der Waals surface area contributed by atoms with Gasteiger partial charge in [-0.15, -0.1) is 22.7 Å². The van der Waals surface area contributed by atoms with E-state index < -0.39 is 6.10 Å². The minimum Gasteiger partial charge on any atom is -0.386 e. The average molecular weight is 461 g/mol. The minimum absolute atomic E-state index is 0.431. The predicted octanol–water partition coefficient (Wildman–Crippen LogP) is 7.13. The maximum atomic E-state index is 10.9. The minimum atomic E-state index is -0.703. The Kier molecular flexibility index (Phi) is 6.04. The molecule has 4 rings (SSSR count). The molecule has 0 fully saturated rings. The second-order valence-corrected chi connectivity index (χ2v) is 10.00. The molecule has 1 atom stereocenters. The van der Waals surface area contributed by atoms with Crippen molar-refractivity contribution in [1.29, 1.82) is 0 Å². The van der Waals surface area contributed by atoms with E-state index in [1.54, 1.807) is 22.7 Å². The molecule has 0 saturated carbocycles. The van der Waals surface area contributed by atoms with Crippen molar-refractivity contribution in [1.82, 2.24) is 9.97 Å². The Morgan fingerprint density at radius 2 is 1.28 bits per heavy atom. The van der Waals surface area contributed by atoms with Crippen molar-refractivity contribution >= 4 is 45.9 Å². The first-order valence-corrected chi connectivity index (χ1v) is 11.4. The van der Waals surface area contributed by atoms with Gasteiger partial charge in [0.1, 0.15) is 16.1 Å². The van der Waals surface area contributed by atoms with Crippen LogP contribution in [0.2, 0.25) is 10.0 Å². The number of thiazole rings is 2. The fraction of sp³-hybridized carbons (Fsp3) is 0.182. The Labute approximate surface area is 187 Å². The van der Waals surface area contributed by atoms with Gasteiger partial charge in [0.25, 0.3) is 0 Å². The van der Waals surface area contributed by atoms with Crippen molar-refractivity contribution in [3.63, 3.8) is 0 Å². The predicted molar refractivity (Wildman–Crippen MR) is 123 cm³/mol. The molecular weight excluding hydrogens is 443 g/mol. The molecular formula is C22H18Cl2N2OS2.